The van der Waals surface area contributed by atoms with E-state index in [0.29, 0.717) is 41.9 Å². The molecule has 53 heavy (non-hydrogen) atoms. The van der Waals surface area contributed by atoms with Gasteiger partial charge in [0.05, 0.1) is 42.1 Å². The van der Waals surface area contributed by atoms with Gasteiger partial charge in [-0.1, -0.05) is 127 Å². The van der Waals surface area contributed by atoms with Crippen LogP contribution in [0.2, 0.25) is 0 Å². The number of morpholine rings is 1. The van der Waals surface area contributed by atoms with Crippen LogP contribution in [0.1, 0.15) is 97.8 Å². The van der Waals surface area contributed by atoms with E-state index in [1.165, 1.54) is 52.1 Å². The minimum atomic E-state index is 0.154. The fraction of sp³-hybridized carbons (Fsp3) is 0.388. The lowest BCUT2D eigenvalue weighted by Crippen LogP contribution is -2.74. The highest BCUT2D eigenvalue weighted by atomic mass is 16.5. The van der Waals surface area contributed by atoms with E-state index < -0.39 is 0 Å². The molecule has 3 heterocycles. The zero-order valence-electron chi connectivity index (χ0n) is 30.6. The molecule has 0 N–H and O–H groups in total. The van der Waals surface area contributed by atoms with Gasteiger partial charge in [-0.15, -0.1) is 0 Å². The van der Waals surface area contributed by atoms with Crippen LogP contribution in [0.15, 0.2) is 151 Å². The van der Waals surface area contributed by atoms with Gasteiger partial charge in [0.2, 0.25) is 0 Å². The molecule has 7 aliphatic rings. The predicted octanol–water partition coefficient (Wildman–Crippen LogP) is 10.3. The molecule has 4 nitrogen and oxygen atoms in total. The highest BCUT2D eigenvalue weighted by Gasteiger charge is 2.60. The van der Waals surface area contributed by atoms with Crippen molar-refractivity contribution in [3.8, 4) is 0 Å². The van der Waals surface area contributed by atoms with E-state index in [0.717, 1.165) is 50.7 Å². The molecule has 3 saturated carbocycles. The third kappa shape index (κ3) is 5.43. The Kier molecular flexibility index (Phi) is 7.89. The normalized spacial score (nSPS) is 34.3. The number of fused-ring (bicyclic) bond motifs is 6. The number of benzene rings is 4. The first-order valence-corrected chi connectivity index (χ1v) is 20.5. The molecule has 268 valence electrons. The fourth-order valence-corrected chi connectivity index (χ4v) is 11.8. The largest absolute Gasteiger partial charge is 0.486 e. The van der Waals surface area contributed by atoms with Crippen LogP contribution >= 0.6 is 0 Å². The molecule has 11 rings (SSSR count). The summed E-state index contributed by atoms with van der Waals surface area (Å²) in [4.78, 5) is 5.89. The van der Waals surface area contributed by atoms with Gasteiger partial charge in [-0.25, -0.2) is 0 Å². The Morgan fingerprint density at radius 2 is 1.04 bits per heavy atom. The zero-order valence-corrected chi connectivity index (χ0v) is 30.6. The van der Waals surface area contributed by atoms with E-state index in [2.05, 4.69) is 143 Å². The summed E-state index contributed by atoms with van der Waals surface area (Å²) in [6.45, 7) is 0. The van der Waals surface area contributed by atoms with Gasteiger partial charge in [0.1, 0.15) is 17.6 Å². The highest BCUT2D eigenvalue weighted by Crippen LogP contribution is 2.56. The third-order valence-electron chi connectivity index (χ3n) is 14.1. The second-order valence-electron chi connectivity index (χ2n) is 16.8. The van der Waals surface area contributed by atoms with E-state index in [9.17, 15) is 0 Å². The smallest absolute Gasteiger partial charge is 0.145 e. The minimum absolute atomic E-state index is 0.154. The van der Waals surface area contributed by atoms with Crippen molar-refractivity contribution in [1.82, 2.24) is 9.80 Å². The van der Waals surface area contributed by atoms with Crippen LogP contribution in [-0.2, 0) is 9.47 Å². The van der Waals surface area contributed by atoms with Crippen molar-refractivity contribution in [2.45, 2.75) is 118 Å². The molecule has 4 aliphatic carbocycles. The van der Waals surface area contributed by atoms with Crippen molar-refractivity contribution in [3.63, 3.8) is 0 Å². The predicted molar refractivity (Wildman–Crippen MR) is 211 cm³/mol. The summed E-state index contributed by atoms with van der Waals surface area (Å²) >= 11 is 0. The van der Waals surface area contributed by atoms with Crippen molar-refractivity contribution in [1.29, 1.82) is 0 Å². The fourth-order valence-electron chi connectivity index (χ4n) is 11.8. The average Bonchev–Trinajstić information content (AvgIpc) is 3.42. The van der Waals surface area contributed by atoms with Crippen LogP contribution in [0, 0.1) is 0 Å². The Labute approximate surface area is 314 Å². The van der Waals surface area contributed by atoms with Gasteiger partial charge in [0, 0.05) is 0 Å². The lowest BCUT2D eigenvalue weighted by atomic mass is 9.68. The summed E-state index contributed by atoms with van der Waals surface area (Å²) in [5, 5.41) is 0. The Balaban J connectivity index is 1.05. The lowest BCUT2D eigenvalue weighted by molar-refractivity contribution is -0.203. The maximum atomic E-state index is 7.53. The average molecular weight is 699 g/mol. The van der Waals surface area contributed by atoms with E-state index >= 15 is 0 Å². The zero-order chi connectivity index (χ0) is 34.9. The van der Waals surface area contributed by atoms with Gasteiger partial charge in [-0.2, -0.15) is 0 Å². The standard InChI is InChI=1S/C49H50N2O2/c1-5-13-32(14-6-1)36-21-24-40-44(28-36)53-47-31-39(35-19-11-4-12-20-35)27-43-49(47)50(40)42-26-23-38(34-17-9-3-10-18-34)30-46-48(42)51(43)41-25-22-37(29-45(41)52-46)33-15-7-2-8-16-33/h1-20,26,30,36-37,39-41,43-45,47,49H,21-25,27-29,31H2. The van der Waals surface area contributed by atoms with E-state index in [1.807, 2.05) is 0 Å². The highest BCUT2D eigenvalue weighted by molar-refractivity contribution is 5.71. The van der Waals surface area contributed by atoms with Gasteiger partial charge < -0.3 is 19.3 Å². The van der Waals surface area contributed by atoms with Gasteiger partial charge in [0.25, 0.3) is 0 Å². The molecule has 0 radical (unpaired) electrons. The molecule has 5 fully saturated rings. The number of rotatable bonds is 4. The summed E-state index contributed by atoms with van der Waals surface area (Å²) in [5.74, 6) is 2.63. The molecule has 4 heteroatoms. The Morgan fingerprint density at radius 3 is 1.68 bits per heavy atom. The summed E-state index contributed by atoms with van der Waals surface area (Å²) in [5.41, 5.74) is 9.83. The Hall–Kier alpha value is -4.54. The van der Waals surface area contributed by atoms with Crippen LogP contribution in [0.3, 0.4) is 0 Å². The van der Waals surface area contributed by atoms with Crippen LogP contribution in [0.25, 0.3) is 5.57 Å². The summed E-state index contributed by atoms with van der Waals surface area (Å²) in [6.07, 6.45) is 15.6. The molecular weight excluding hydrogens is 649 g/mol. The van der Waals surface area contributed by atoms with Gasteiger partial charge >= 0.3 is 0 Å². The molecule has 4 aromatic carbocycles. The molecule has 0 bridgehead atoms. The molecule has 0 aromatic heterocycles. The first-order valence-electron chi connectivity index (χ1n) is 20.5. The monoisotopic (exact) mass is 698 g/mol. The van der Waals surface area contributed by atoms with E-state index in [1.54, 1.807) is 0 Å². The van der Waals surface area contributed by atoms with Crippen molar-refractivity contribution in [2.24, 2.45) is 0 Å². The number of hydrogen-bond donors (Lipinski definition) is 0. The summed E-state index contributed by atoms with van der Waals surface area (Å²) in [6, 6.07) is 46.3. The van der Waals surface area contributed by atoms with Crippen molar-refractivity contribution in [2.75, 3.05) is 0 Å². The summed E-state index contributed by atoms with van der Waals surface area (Å²) < 4.78 is 14.9. The number of piperazine rings is 1. The minimum Gasteiger partial charge on any atom is -0.486 e. The van der Waals surface area contributed by atoms with Crippen molar-refractivity contribution >= 4 is 5.57 Å². The maximum absolute atomic E-state index is 7.53. The molecule has 2 saturated heterocycles. The topological polar surface area (TPSA) is 24.9 Å². The second kappa shape index (κ2) is 13.1. The van der Waals surface area contributed by atoms with Crippen molar-refractivity contribution < 1.29 is 9.47 Å². The second-order valence-corrected chi connectivity index (χ2v) is 16.8. The quantitative estimate of drug-likeness (QED) is 0.212. The number of nitrogens with zero attached hydrogens (tertiary/aromatic N) is 2. The van der Waals surface area contributed by atoms with E-state index in [-0.39, 0.29) is 18.3 Å². The third-order valence-corrected chi connectivity index (χ3v) is 14.1. The molecule has 10 atom stereocenters. The van der Waals surface area contributed by atoms with Gasteiger partial charge in [-0.3, -0.25) is 0 Å². The number of ether oxygens (including phenoxy) is 2. The van der Waals surface area contributed by atoms with Crippen LogP contribution in [0.5, 0.6) is 0 Å². The maximum Gasteiger partial charge on any atom is 0.145 e. The summed E-state index contributed by atoms with van der Waals surface area (Å²) in [7, 11) is 0. The number of hydrogen-bond acceptors (Lipinski definition) is 4. The molecule has 0 amide bonds. The Morgan fingerprint density at radius 1 is 0.491 bits per heavy atom. The SMILES string of the molecule is C1=C(c2ccccc2)CC=C2C3=C1OC1CC(c4ccccc4)CCC1N3C1CC(c3ccccc3)CC3OC4CC(c5ccccc5)CCC4N2C31. The van der Waals surface area contributed by atoms with Crippen LogP contribution < -0.4 is 0 Å². The van der Waals surface area contributed by atoms with Crippen LogP contribution in [0.4, 0.5) is 0 Å². The van der Waals surface area contributed by atoms with Gasteiger partial charge in [-0.05, 0) is 109 Å². The molecule has 4 aromatic rings. The van der Waals surface area contributed by atoms with Crippen LogP contribution in [-0.4, -0.2) is 52.3 Å². The molecule has 3 aliphatic heterocycles. The van der Waals surface area contributed by atoms with Crippen molar-refractivity contribution in [3.05, 3.63) is 173 Å². The molecule has 10 unspecified atom stereocenters. The first kappa shape index (κ1) is 31.9. The number of allylic oxidation sites excluding steroid dienone is 3. The first-order chi connectivity index (χ1) is 26.3. The van der Waals surface area contributed by atoms with Gasteiger partial charge in [0.15, 0.2) is 0 Å². The molecule has 0 spiro atoms. The van der Waals surface area contributed by atoms with E-state index in [4.69, 9.17) is 9.47 Å². The Bertz CT molecular complexity index is 2040. The molecular formula is C49H50N2O2. The lowest BCUT2D eigenvalue weighted by Gasteiger charge is -2.66.